The van der Waals surface area contributed by atoms with Crippen LogP contribution in [0.4, 0.5) is 4.79 Å². The van der Waals surface area contributed by atoms with Gasteiger partial charge in [0.25, 0.3) is 0 Å². The van der Waals surface area contributed by atoms with E-state index in [2.05, 4.69) is 5.32 Å². The first-order chi connectivity index (χ1) is 8.22. The fraction of sp³-hybridized carbons (Fsp3) is 0.333. The molecule has 92 valence electrons. The number of aldehydes is 1. The van der Waals surface area contributed by atoms with Gasteiger partial charge in [0.1, 0.15) is 12.9 Å². The number of nitrogens with one attached hydrogen (secondary N) is 1. The highest BCUT2D eigenvalue weighted by atomic mass is 16.5. The van der Waals surface area contributed by atoms with Crippen LogP contribution in [0, 0.1) is 0 Å². The molecule has 5 nitrogen and oxygen atoms in total. The van der Waals surface area contributed by atoms with E-state index in [4.69, 9.17) is 4.74 Å². The number of amides is 1. The van der Waals surface area contributed by atoms with Gasteiger partial charge in [-0.3, -0.25) is 0 Å². The summed E-state index contributed by atoms with van der Waals surface area (Å²) in [5, 5.41) is 11.5. The van der Waals surface area contributed by atoms with E-state index < -0.39 is 12.2 Å². The van der Waals surface area contributed by atoms with Crippen LogP contribution in [-0.2, 0) is 16.1 Å². The van der Waals surface area contributed by atoms with E-state index in [1.165, 1.54) is 0 Å². The normalized spacial score (nSPS) is 11.6. The maximum atomic E-state index is 11.2. The molecule has 1 aromatic rings. The van der Waals surface area contributed by atoms with Gasteiger partial charge in [-0.15, -0.1) is 0 Å². The SMILES string of the molecule is O=CCC(O)CNC(=O)OCc1ccccc1. The van der Waals surface area contributed by atoms with Crippen molar-refractivity contribution >= 4 is 12.4 Å². The van der Waals surface area contributed by atoms with E-state index in [9.17, 15) is 14.7 Å². The predicted molar refractivity (Wildman–Crippen MR) is 61.3 cm³/mol. The minimum Gasteiger partial charge on any atom is -0.445 e. The van der Waals surface area contributed by atoms with Crippen molar-refractivity contribution in [1.29, 1.82) is 0 Å². The zero-order valence-electron chi connectivity index (χ0n) is 9.33. The standard InChI is InChI=1S/C12H15NO4/c14-7-6-11(15)8-13-12(16)17-9-10-4-2-1-3-5-10/h1-5,7,11,15H,6,8-9H2,(H,13,16). The molecule has 0 aliphatic heterocycles. The van der Waals surface area contributed by atoms with Crippen molar-refractivity contribution in [3.63, 3.8) is 0 Å². The second kappa shape index (κ2) is 7.40. The summed E-state index contributed by atoms with van der Waals surface area (Å²) in [5.74, 6) is 0. The monoisotopic (exact) mass is 237 g/mol. The van der Waals surface area contributed by atoms with E-state index in [0.717, 1.165) is 5.56 Å². The molecule has 1 aromatic carbocycles. The maximum absolute atomic E-state index is 11.2. The quantitative estimate of drug-likeness (QED) is 0.720. The second-order valence-electron chi connectivity index (χ2n) is 3.50. The molecule has 0 saturated heterocycles. The Bertz CT molecular complexity index is 353. The summed E-state index contributed by atoms with van der Waals surface area (Å²) in [6.07, 6.45) is -0.878. The van der Waals surface area contributed by atoms with Crippen molar-refractivity contribution in [3.8, 4) is 0 Å². The number of hydrogen-bond acceptors (Lipinski definition) is 4. The Hall–Kier alpha value is -1.88. The highest BCUT2D eigenvalue weighted by molar-refractivity contribution is 5.67. The molecule has 0 radical (unpaired) electrons. The largest absolute Gasteiger partial charge is 0.445 e. The molecule has 17 heavy (non-hydrogen) atoms. The van der Waals surface area contributed by atoms with Gasteiger partial charge < -0.3 is 20.0 Å². The van der Waals surface area contributed by atoms with E-state index in [-0.39, 0.29) is 19.6 Å². The van der Waals surface area contributed by atoms with Crippen LogP contribution in [-0.4, -0.2) is 30.1 Å². The number of benzene rings is 1. The number of aliphatic hydroxyl groups excluding tert-OH is 1. The summed E-state index contributed by atoms with van der Waals surface area (Å²) in [4.78, 5) is 21.3. The number of alkyl carbamates (subject to hydrolysis) is 1. The molecule has 2 N–H and O–H groups in total. The van der Waals surface area contributed by atoms with Gasteiger partial charge in [0.15, 0.2) is 0 Å². The zero-order valence-corrected chi connectivity index (χ0v) is 9.33. The predicted octanol–water partition coefficient (Wildman–Crippen LogP) is 0.863. The van der Waals surface area contributed by atoms with Gasteiger partial charge in [-0.25, -0.2) is 4.79 Å². The fourth-order valence-electron chi connectivity index (χ4n) is 1.17. The van der Waals surface area contributed by atoms with Crippen molar-refractivity contribution in [2.45, 2.75) is 19.1 Å². The van der Waals surface area contributed by atoms with Gasteiger partial charge >= 0.3 is 6.09 Å². The smallest absolute Gasteiger partial charge is 0.407 e. The van der Waals surface area contributed by atoms with E-state index >= 15 is 0 Å². The van der Waals surface area contributed by atoms with Crippen LogP contribution in [0.2, 0.25) is 0 Å². The van der Waals surface area contributed by atoms with Crippen LogP contribution in [0.5, 0.6) is 0 Å². The van der Waals surface area contributed by atoms with Crippen molar-refractivity contribution in [3.05, 3.63) is 35.9 Å². The Balaban J connectivity index is 2.19. The van der Waals surface area contributed by atoms with Crippen LogP contribution >= 0.6 is 0 Å². The minimum absolute atomic E-state index is 0.00103. The molecule has 5 heteroatoms. The average molecular weight is 237 g/mol. The van der Waals surface area contributed by atoms with Crippen molar-refractivity contribution in [2.24, 2.45) is 0 Å². The highest BCUT2D eigenvalue weighted by Crippen LogP contribution is 2.00. The zero-order chi connectivity index (χ0) is 12.5. The first-order valence-electron chi connectivity index (χ1n) is 5.28. The first-order valence-corrected chi connectivity index (χ1v) is 5.28. The summed E-state index contributed by atoms with van der Waals surface area (Å²) < 4.78 is 4.91. The number of carbonyl (C=O) groups is 2. The van der Waals surface area contributed by atoms with E-state index in [1.54, 1.807) is 0 Å². The molecule has 0 aromatic heterocycles. The molecule has 0 heterocycles. The third-order valence-electron chi connectivity index (χ3n) is 2.06. The molecule has 1 rings (SSSR count). The van der Waals surface area contributed by atoms with Gasteiger partial charge in [-0.2, -0.15) is 0 Å². The average Bonchev–Trinajstić information content (AvgIpc) is 2.35. The molecule has 0 bridgehead atoms. The van der Waals surface area contributed by atoms with Gasteiger partial charge in [0.05, 0.1) is 6.10 Å². The number of ether oxygens (including phenoxy) is 1. The minimum atomic E-state index is -0.864. The first kappa shape index (κ1) is 13.2. The Kier molecular flexibility index (Phi) is 5.74. The Morgan fingerprint density at radius 1 is 1.41 bits per heavy atom. The number of rotatable bonds is 6. The summed E-state index contributed by atoms with van der Waals surface area (Å²) in [6.45, 7) is 0.183. The summed E-state index contributed by atoms with van der Waals surface area (Å²) in [7, 11) is 0. The van der Waals surface area contributed by atoms with Crippen molar-refractivity contribution in [2.75, 3.05) is 6.54 Å². The Morgan fingerprint density at radius 2 is 2.12 bits per heavy atom. The van der Waals surface area contributed by atoms with Crippen LogP contribution in [0.15, 0.2) is 30.3 Å². The number of aliphatic hydroxyl groups is 1. The lowest BCUT2D eigenvalue weighted by Gasteiger charge is -2.09. The van der Waals surface area contributed by atoms with Crippen LogP contribution in [0.25, 0.3) is 0 Å². The third-order valence-corrected chi connectivity index (χ3v) is 2.06. The fourth-order valence-corrected chi connectivity index (χ4v) is 1.17. The molecular formula is C12H15NO4. The van der Waals surface area contributed by atoms with Crippen molar-refractivity contribution < 1.29 is 19.4 Å². The second-order valence-corrected chi connectivity index (χ2v) is 3.50. The third kappa shape index (κ3) is 5.67. The Labute approximate surface area is 99.4 Å². The maximum Gasteiger partial charge on any atom is 0.407 e. The van der Waals surface area contributed by atoms with E-state index in [0.29, 0.717) is 6.29 Å². The number of carbonyl (C=O) groups excluding carboxylic acids is 2. The van der Waals surface area contributed by atoms with Crippen LogP contribution in [0.3, 0.4) is 0 Å². The molecule has 0 fully saturated rings. The topological polar surface area (TPSA) is 75.6 Å². The molecule has 0 spiro atoms. The molecule has 0 aliphatic rings. The molecular weight excluding hydrogens is 222 g/mol. The highest BCUT2D eigenvalue weighted by Gasteiger charge is 2.07. The summed E-state index contributed by atoms with van der Waals surface area (Å²) in [6, 6.07) is 9.26. The molecule has 1 unspecified atom stereocenters. The lowest BCUT2D eigenvalue weighted by Crippen LogP contribution is -2.32. The lowest BCUT2D eigenvalue weighted by atomic mass is 10.2. The lowest BCUT2D eigenvalue weighted by molar-refractivity contribution is -0.109. The summed E-state index contributed by atoms with van der Waals surface area (Å²) in [5.41, 5.74) is 0.885. The number of hydrogen-bond donors (Lipinski definition) is 2. The van der Waals surface area contributed by atoms with Gasteiger partial charge in [0.2, 0.25) is 0 Å². The van der Waals surface area contributed by atoms with Gasteiger partial charge in [0, 0.05) is 13.0 Å². The molecule has 1 atom stereocenters. The van der Waals surface area contributed by atoms with Gasteiger partial charge in [-0.05, 0) is 5.56 Å². The molecule has 1 amide bonds. The van der Waals surface area contributed by atoms with Crippen molar-refractivity contribution in [1.82, 2.24) is 5.32 Å². The molecule has 0 saturated carbocycles. The van der Waals surface area contributed by atoms with Crippen LogP contribution in [0.1, 0.15) is 12.0 Å². The van der Waals surface area contributed by atoms with Crippen LogP contribution < -0.4 is 5.32 Å². The Morgan fingerprint density at radius 3 is 2.76 bits per heavy atom. The van der Waals surface area contributed by atoms with E-state index in [1.807, 2.05) is 30.3 Å². The summed E-state index contributed by atoms with van der Waals surface area (Å²) >= 11 is 0. The molecule has 0 aliphatic carbocycles. The van der Waals surface area contributed by atoms with Gasteiger partial charge in [-0.1, -0.05) is 30.3 Å².